The molecule has 1 fully saturated rings. The van der Waals surface area contributed by atoms with E-state index < -0.39 is 0 Å². The van der Waals surface area contributed by atoms with Gasteiger partial charge in [0, 0.05) is 18.3 Å². The molecule has 1 atom stereocenters. The smallest absolute Gasteiger partial charge is 0.230 e. The van der Waals surface area contributed by atoms with Crippen molar-refractivity contribution in [3.05, 3.63) is 24.5 Å². The van der Waals surface area contributed by atoms with Crippen LogP contribution in [0.5, 0.6) is 0 Å². The molecular formula is C11H13N5O. The molecule has 1 aliphatic rings. The second kappa shape index (κ2) is 4.21. The summed E-state index contributed by atoms with van der Waals surface area (Å²) in [7, 11) is 0. The van der Waals surface area contributed by atoms with Crippen molar-refractivity contribution in [2.24, 2.45) is 5.92 Å². The fraction of sp³-hybridized carbons (Fsp3) is 0.455. The molecule has 0 aliphatic carbocycles. The molecule has 17 heavy (non-hydrogen) atoms. The van der Waals surface area contributed by atoms with E-state index in [4.69, 9.17) is 4.52 Å². The largest absolute Gasteiger partial charge is 0.339 e. The number of aromatic nitrogens is 4. The summed E-state index contributed by atoms with van der Waals surface area (Å²) in [5, 5.41) is 7.18. The average molecular weight is 231 g/mol. The van der Waals surface area contributed by atoms with Crippen LogP contribution in [0.15, 0.2) is 23.1 Å². The van der Waals surface area contributed by atoms with Crippen molar-refractivity contribution < 1.29 is 4.52 Å². The number of hydrogen-bond acceptors (Lipinski definition) is 6. The fourth-order valence-corrected chi connectivity index (χ4v) is 1.80. The van der Waals surface area contributed by atoms with E-state index in [9.17, 15) is 0 Å². The Morgan fingerprint density at radius 3 is 2.94 bits per heavy atom. The molecule has 0 amide bonds. The Balaban J connectivity index is 1.82. The van der Waals surface area contributed by atoms with E-state index in [1.165, 1.54) is 0 Å². The summed E-state index contributed by atoms with van der Waals surface area (Å²) < 4.78 is 5.28. The molecule has 6 nitrogen and oxygen atoms in total. The molecule has 2 aromatic heterocycles. The van der Waals surface area contributed by atoms with Gasteiger partial charge >= 0.3 is 0 Å². The van der Waals surface area contributed by atoms with Crippen LogP contribution < -0.4 is 5.32 Å². The van der Waals surface area contributed by atoms with Crippen molar-refractivity contribution in [1.82, 2.24) is 25.4 Å². The summed E-state index contributed by atoms with van der Waals surface area (Å²) in [6, 6.07) is 0. The van der Waals surface area contributed by atoms with Gasteiger partial charge in [0.15, 0.2) is 0 Å². The molecule has 1 aliphatic heterocycles. The monoisotopic (exact) mass is 231 g/mol. The number of nitrogens with zero attached hydrogens (tertiary/aromatic N) is 4. The lowest BCUT2D eigenvalue weighted by Gasteiger charge is -2.30. The Morgan fingerprint density at radius 1 is 1.41 bits per heavy atom. The van der Waals surface area contributed by atoms with Crippen LogP contribution in [0.1, 0.15) is 18.7 Å². The minimum absolute atomic E-state index is 0.286. The quantitative estimate of drug-likeness (QED) is 0.843. The molecule has 2 aromatic rings. The van der Waals surface area contributed by atoms with Crippen LogP contribution in [-0.2, 0) is 0 Å². The predicted octanol–water partition coefficient (Wildman–Crippen LogP) is 0.849. The minimum atomic E-state index is 0.286. The van der Waals surface area contributed by atoms with Gasteiger partial charge in [0.2, 0.25) is 11.7 Å². The molecule has 1 unspecified atom stereocenters. The van der Waals surface area contributed by atoms with Crippen molar-refractivity contribution in [2.75, 3.05) is 13.1 Å². The molecule has 1 saturated heterocycles. The van der Waals surface area contributed by atoms with Gasteiger partial charge in [-0.1, -0.05) is 12.1 Å². The molecule has 1 N–H and O–H groups in total. The van der Waals surface area contributed by atoms with E-state index >= 15 is 0 Å². The van der Waals surface area contributed by atoms with Crippen molar-refractivity contribution >= 4 is 0 Å². The maximum absolute atomic E-state index is 5.28. The number of rotatable bonds is 3. The zero-order valence-corrected chi connectivity index (χ0v) is 9.50. The van der Waals surface area contributed by atoms with E-state index in [0.29, 0.717) is 23.3 Å². The van der Waals surface area contributed by atoms with Gasteiger partial charge in [0.1, 0.15) is 5.69 Å². The Hall–Kier alpha value is -1.82. The highest BCUT2D eigenvalue weighted by Gasteiger charge is 2.28. The first-order chi connectivity index (χ1) is 8.34. The van der Waals surface area contributed by atoms with Crippen molar-refractivity contribution in [2.45, 2.75) is 12.8 Å². The van der Waals surface area contributed by atoms with Gasteiger partial charge in [-0.25, -0.2) is 4.98 Å². The third kappa shape index (κ3) is 1.91. The minimum Gasteiger partial charge on any atom is -0.339 e. The first-order valence-corrected chi connectivity index (χ1v) is 5.65. The van der Waals surface area contributed by atoms with Gasteiger partial charge in [-0.3, -0.25) is 4.98 Å². The van der Waals surface area contributed by atoms with Crippen LogP contribution in [0.2, 0.25) is 0 Å². The standard InChI is InChI=1S/C11H13N5O/c1-7(8-4-13-5-8)11-15-10(16-17-11)9-6-12-2-3-14-9/h2-3,6-8,13H,4-5H2,1H3. The predicted molar refractivity (Wildman–Crippen MR) is 60.1 cm³/mol. The lowest BCUT2D eigenvalue weighted by atomic mass is 9.89. The highest BCUT2D eigenvalue weighted by molar-refractivity contribution is 5.45. The van der Waals surface area contributed by atoms with Crippen LogP contribution in [0.25, 0.3) is 11.5 Å². The topological polar surface area (TPSA) is 76.7 Å². The summed E-state index contributed by atoms with van der Waals surface area (Å²) in [5.74, 6) is 2.06. The summed E-state index contributed by atoms with van der Waals surface area (Å²) in [4.78, 5) is 12.5. The Kier molecular flexibility index (Phi) is 2.56. The van der Waals surface area contributed by atoms with E-state index in [0.717, 1.165) is 13.1 Å². The van der Waals surface area contributed by atoms with Crippen LogP contribution in [-0.4, -0.2) is 33.2 Å². The second-order valence-corrected chi connectivity index (χ2v) is 4.25. The van der Waals surface area contributed by atoms with Gasteiger partial charge in [-0.15, -0.1) is 0 Å². The van der Waals surface area contributed by atoms with Gasteiger partial charge in [-0.2, -0.15) is 4.98 Å². The first kappa shape index (κ1) is 10.3. The van der Waals surface area contributed by atoms with Gasteiger partial charge in [0.05, 0.1) is 6.20 Å². The Labute approximate surface area is 98.5 Å². The SMILES string of the molecule is CC(c1nc(-c2cnccn2)no1)C1CNC1. The van der Waals surface area contributed by atoms with Gasteiger partial charge in [0.25, 0.3) is 0 Å². The molecular weight excluding hydrogens is 218 g/mol. The normalized spacial score (nSPS) is 17.7. The third-order valence-corrected chi connectivity index (χ3v) is 3.14. The van der Waals surface area contributed by atoms with Crippen LogP contribution in [0, 0.1) is 5.92 Å². The van der Waals surface area contributed by atoms with Gasteiger partial charge in [-0.05, 0) is 19.0 Å². The van der Waals surface area contributed by atoms with E-state index in [-0.39, 0.29) is 5.92 Å². The molecule has 0 aromatic carbocycles. The first-order valence-electron chi connectivity index (χ1n) is 5.65. The third-order valence-electron chi connectivity index (χ3n) is 3.14. The fourth-order valence-electron chi connectivity index (χ4n) is 1.80. The zero-order valence-electron chi connectivity index (χ0n) is 9.50. The second-order valence-electron chi connectivity index (χ2n) is 4.25. The number of hydrogen-bond donors (Lipinski definition) is 1. The lowest BCUT2D eigenvalue weighted by Crippen LogP contribution is -2.44. The van der Waals surface area contributed by atoms with Gasteiger partial charge < -0.3 is 9.84 Å². The molecule has 0 radical (unpaired) electrons. The van der Waals surface area contributed by atoms with E-state index in [1.807, 2.05) is 0 Å². The van der Waals surface area contributed by atoms with Crippen molar-refractivity contribution in [3.8, 4) is 11.5 Å². The molecule has 0 spiro atoms. The average Bonchev–Trinajstić information content (AvgIpc) is 2.77. The summed E-state index contributed by atoms with van der Waals surface area (Å²) in [6.45, 7) is 4.15. The molecule has 88 valence electrons. The van der Waals surface area contributed by atoms with E-state index in [2.05, 4.69) is 32.3 Å². The lowest BCUT2D eigenvalue weighted by molar-refractivity contribution is 0.252. The van der Waals surface area contributed by atoms with Crippen LogP contribution in [0.4, 0.5) is 0 Å². The van der Waals surface area contributed by atoms with Crippen LogP contribution >= 0.6 is 0 Å². The Bertz CT molecular complexity index is 494. The maximum Gasteiger partial charge on any atom is 0.230 e. The van der Waals surface area contributed by atoms with Crippen molar-refractivity contribution in [1.29, 1.82) is 0 Å². The maximum atomic E-state index is 5.28. The van der Waals surface area contributed by atoms with Crippen molar-refractivity contribution in [3.63, 3.8) is 0 Å². The molecule has 6 heteroatoms. The molecule has 0 saturated carbocycles. The highest BCUT2D eigenvalue weighted by Crippen LogP contribution is 2.26. The van der Waals surface area contributed by atoms with Crippen LogP contribution in [0.3, 0.4) is 0 Å². The summed E-state index contributed by atoms with van der Waals surface area (Å²) in [6.07, 6.45) is 4.86. The highest BCUT2D eigenvalue weighted by atomic mass is 16.5. The zero-order chi connectivity index (χ0) is 11.7. The molecule has 3 rings (SSSR count). The molecule has 3 heterocycles. The number of nitrogens with one attached hydrogen (secondary N) is 1. The summed E-state index contributed by atoms with van der Waals surface area (Å²) in [5.41, 5.74) is 0.640. The Morgan fingerprint density at radius 2 is 2.29 bits per heavy atom. The summed E-state index contributed by atoms with van der Waals surface area (Å²) >= 11 is 0. The van der Waals surface area contributed by atoms with E-state index in [1.54, 1.807) is 18.6 Å². The molecule has 0 bridgehead atoms.